The number of carbonyl (C=O) groups is 1. The molecule has 0 saturated carbocycles. The molecule has 1 unspecified atom stereocenters. The summed E-state index contributed by atoms with van der Waals surface area (Å²) in [6.45, 7) is 1.63. The summed E-state index contributed by atoms with van der Waals surface area (Å²) >= 11 is 1.45. The van der Waals surface area contributed by atoms with Crippen LogP contribution in [0.5, 0.6) is 0 Å². The average molecular weight is 193 g/mol. The van der Waals surface area contributed by atoms with Crippen molar-refractivity contribution in [3.63, 3.8) is 0 Å². The Balaban J connectivity index is 3.54. The SMILES string of the molecule is CC(N)(CSCCCO)C(=O)O. The smallest absolute Gasteiger partial charge is 0.324 e. The number of nitrogens with two attached hydrogens (primary N) is 1. The molecule has 0 bridgehead atoms. The van der Waals surface area contributed by atoms with Gasteiger partial charge in [-0.3, -0.25) is 4.79 Å². The van der Waals surface area contributed by atoms with Crippen molar-refractivity contribution in [2.24, 2.45) is 5.73 Å². The molecule has 0 spiro atoms. The molecule has 0 aliphatic heterocycles. The van der Waals surface area contributed by atoms with Gasteiger partial charge in [0.1, 0.15) is 5.54 Å². The minimum Gasteiger partial charge on any atom is -0.480 e. The van der Waals surface area contributed by atoms with Crippen LogP contribution < -0.4 is 5.73 Å². The van der Waals surface area contributed by atoms with Crippen LogP contribution in [0.25, 0.3) is 0 Å². The van der Waals surface area contributed by atoms with Crippen LogP contribution in [0.4, 0.5) is 0 Å². The Morgan fingerprint density at radius 2 is 2.25 bits per heavy atom. The Morgan fingerprint density at radius 3 is 2.67 bits per heavy atom. The van der Waals surface area contributed by atoms with Crippen molar-refractivity contribution in [1.29, 1.82) is 0 Å². The Morgan fingerprint density at radius 1 is 1.67 bits per heavy atom. The maximum absolute atomic E-state index is 10.5. The number of hydrogen-bond donors (Lipinski definition) is 3. The molecule has 0 rings (SSSR count). The van der Waals surface area contributed by atoms with E-state index in [1.807, 2.05) is 0 Å². The monoisotopic (exact) mass is 193 g/mol. The fraction of sp³-hybridized carbons (Fsp3) is 0.857. The summed E-state index contributed by atoms with van der Waals surface area (Å²) in [5, 5.41) is 17.1. The quantitative estimate of drug-likeness (QED) is 0.513. The fourth-order valence-corrected chi connectivity index (χ4v) is 1.54. The van der Waals surface area contributed by atoms with Gasteiger partial charge in [-0.05, 0) is 19.1 Å². The van der Waals surface area contributed by atoms with E-state index in [1.165, 1.54) is 18.7 Å². The van der Waals surface area contributed by atoms with Gasteiger partial charge in [-0.2, -0.15) is 11.8 Å². The van der Waals surface area contributed by atoms with Gasteiger partial charge >= 0.3 is 5.97 Å². The van der Waals surface area contributed by atoms with E-state index < -0.39 is 11.5 Å². The molecular weight excluding hydrogens is 178 g/mol. The Labute approximate surface area is 76.1 Å². The first kappa shape index (κ1) is 11.7. The summed E-state index contributed by atoms with van der Waals surface area (Å²) in [7, 11) is 0. The second kappa shape index (κ2) is 5.40. The molecule has 12 heavy (non-hydrogen) atoms. The van der Waals surface area contributed by atoms with Gasteiger partial charge in [-0.15, -0.1) is 0 Å². The van der Waals surface area contributed by atoms with E-state index in [2.05, 4.69) is 0 Å². The lowest BCUT2D eigenvalue weighted by Crippen LogP contribution is -2.47. The molecule has 5 heteroatoms. The third-order valence-electron chi connectivity index (χ3n) is 1.34. The zero-order valence-corrected chi connectivity index (χ0v) is 7.93. The van der Waals surface area contributed by atoms with E-state index in [9.17, 15) is 4.79 Å². The number of aliphatic hydroxyl groups excluding tert-OH is 1. The largest absolute Gasteiger partial charge is 0.480 e. The molecule has 0 aromatic carbocycles. The third-order valence-corrected chi connectivity index (χ3v) is 2.72. The summed E-state index contributed by atoms with van der Waals surface area (Å²) in [5.41, 5.74) is 4.31. The molecule has 4 N–H and O–H groups in total. The number of thioether (sulfide) groups is 1. The van der Waals surface area contributed by atoms with Gasteiger partial charge in [-0.25, -0.2) is 0 Å². The van der Waals surface area contributed by atoms with Crippen molar-refractivity contribution in [2.45, 2.75) is 18.9 Å². The molecule has 0 radical (unpaired) electrons. The van der Waals surface area contributed by atoms with Gasteiger partial charge in [0.2, 0.25) is 0 Å². The van der Waals surface area contributed by atoms with Crippen LogP contribution in [0, 0.1) is 0 Å². The Hall–Kier alpha value is -0.260. The second-order valence-corrected chi connectivity index (χ2v) is 3.96. The van der Waals surface area contributed by atoms with Gasteiger partial charge in [0.05, 0.1) is 0 Å². The van der Waals surface area contributed by atoms with Crippen molar-refractivity contribution in [1.82, 2.24) is 0 Å². The highest BCUT2D eigenvalue weighted by Gasteiger charge is 2.27. The van der Waals surface area contributed by atoms with E-state index in [1.54, 1.807) is 0 Å². The molecule has 0 aromatic heterocycles. The van der Waals surface area contributed by atoms with Crippen LogP contribution in [-0.4, -0.2) is 39.8 Å². The zero-order valence-electron chi connectivity index (χ0n) is 7.12. The van der Waals surface area contributed by atoms with Gasteiger partial charge < -0.3 is 15.9 Å². The summed E-state index contributed by atoms with van der Waals surface area (Å²) in [6.07, 6.45) is 0.681. The van der Waals surface area contributed by atoms with Crippen LogP contribution in [0.3, 0.4) is 0 Å². The molecule has 72 valence electrons. The molecule has 0 aliphatic carbocycles. The average Bonchev–Trinajstić information content (AvgIpc) is 1.98. The van der Waals surface area contributed by atoms with E-state index in [-0.39, 0.29) is 6.61 Å². The third kappa shape index (κ3) is 4.58. The molecule has 0 aliphatic rings. The van der Waals surface area contributed by atoms with Crippen molar-refractivity contribution in [2.75, 3.05) is 18.1 Å². The van der Waals surface area contributed by atoms with Gasteiger partial charge in [-0.1, -0.05) is 0 Å². The minimum atomic E-state index is -1.15. The number of carboxylic acids is 1. The van der Waals surface area contributed by atoms with Crippen LogP contribution in [0.1, 0.15) is 13.3 Å². The number of rotatable bonds is 6. The minimum absolute atomic E-state index is 0.140. The Bertz CT molecular complexity index is 150. The summed E-state index contributed by atoms with van der Waals surface area (Å²) in [4.78, 5) is 10.5. The zero-order chi connectivity index (χ0) is 9.61. The lowest BCUT2D eigenvalue weighted by atomic mass is 10.1. The highest BCUT2D eigenvalue weighted by Crippen LogP contribution is 2.11. The van der Waals surface area contributed by atoms with Gasteiger partial charge in [0.25, 0.3) is 0 Å². The lowest BCUT2D eigenvalue weighted by Gasteiger charge is -2.17. The van der Waals surface area contributed by atoms with E-state index in [4.69, 9.17) is 15.9 Å². The molecule has 0 fully saturated rings. The maximum atomic E-state index is 10.5. The van der Waals surface area contributed by atoms with Crippen molar-refractivity contribution < 1.29 is 15.0 Å². The second-order valence-electron chi connectivity index (χ2n) is 2.85. The topological polar surface area (TPSA) is 83.5 Å². The molecule has 1 atom stereocenters. The predicted molar refractivity (Wildman–Crippen MR) is 49.3 cm³/mol. The summed E-state index contributed by atoms with van der Waals surface area (Å²) in [6, 6.07) is 0. The van der Waals surface area contributed by atoms with Crippen molar-refractivity contribution in [3.05, 3.63) is 0 Å². The molecule has 0 saturated heterocycles. The first-order valence-electron chi connectivity index (χ1n) is 3.71. The van der Waals surface area contributed by atoms with Crippen LogP contribution in [0.2, 0.25) is 0 Å². The molecule has 0 aromatic rings. The first-order valence-corrected chi connectivity index (χ1v) is 4.87. The fourth-order valence-electron chi connectivity index (χ4n) is 0.513. The molecule has 0 heterocycles. The van der Waals surface area contributed by atoms with Gasteiger partial charge in [0.15, 0.2) is 0 Å². The van der Waals surface area contributed by atoms with Gasteiger partial charge in [0, 0.05) is 12.4 Å². The lowest BCUT2D eigenvalue weighted by molar-refractivity contribution is -0.141. The first-order chi connectivity index (χ1) is 5.50. The normalized spacial score (nSPS) is 15.6. The number of hydrogen-bond acceptors (Lipinski definition) is 4. The Kier molecular flexibility index (Phi) is 5.28. The predicted octanol–water partition coefficient (Wildman–Crippen LogP) is -0.0960. The number of aliphatic hydroxyl groups is 1. The molecule has 0 amide bonds. The molecule has 4 nitrogen and oxygen atoms in total. The number of carboxylic acid groups (broad SMARTS) is 1. The molecular formula is C7H15NO3S. The van der Waals surface area contributed by atoms with E-state index in [0.29, 0.717) is 12.2 Å². The van der Waals surface area contributed by atoms with Crippen LogP contribution >= 0.6 is 11.8 Å². The maximum Gasteiger partial charge on any atom is 0.324 e. The van der Waals surface area contributed by atoms with Crippen molar-refractivity contribution >= 4 is 17.7 Å². The number of aliphatic carboxylic acids is 1. The standard InChI is InChI=1S/C7H15NO3S/c1-7(8,6(10)11)5-12-4-2-3-9/h9H,2-5,8H2,1H3,(H,10,11). The van der Waals surface area contributed by atoms with E-state index >= 15 is 0 Å². The highest BCUT2D eigenvalue weighted by molar-refractivity contribution is 7.99. The van der Waals surface area contributed by atoms with E-state index in [0.717, 1.165) is 5.75 Å². The highest BCUT2D eigenvalue weighted by atomic mass is 32.2. The van der Waals surface area contributed by atoms with Crippen LogP contribution in [0.15, 0.2) is 0 Å². The summed E-state index contributed by atoms with van der Waals surface area (Å²) < 4.78 is 0. The van der Waals surface area contributed by atoms with Crippen molar-refractivity contribution in [3.8, 4) is 0 Å². The van der Waals surface area contributed by atoms with Crippen LogP contribution in [-0.2, 0) is 4.79 Å². The summed E-state index contributed by atoms with van der Waals surface area (Å²) in [5.74, 6) is 0.137.